The molecule has 0 heterocycles. The minimum absolute atomic E-state index is 0.0491. The highest BCUT2D eigenvalue weighted by Gasteiger charge is 2.30. The van der Waals surface area contributed by atoms with E-state index in [1.165, 1.54) is 43.5 Å². The topological polar surface area (TPSA) is 124 Å². The maximum Gasteiger partial charge on any atom is 0.324 e. The number of ether oxygens (including phenoxy) is 1. The number of aliphatic carboxylic acids is 2. The molecule has 0 unspecified atom stereocenters. The van der Waals surface area contributed by atoms with Crippen LogP contribution in [0, 0.1) is 5.82 Å². The highest BCUT2D eigenvalue weighted by Crippen LogP contribution is 2.38. The Morgan fingerprint density at radius 1 is 0.854 bits per heavy atom. The Morgan fingerprint density at radius 2 is 1.44 bits per heavy atom. The number of benzene rings is 4. The van der Waals surface area contributed by atoms with Crippen molar-refractivity contribution < 1.29 is 37.3 Å². The smallest absolute Gasteiger partial charge is 0.324 e. The van der Waals surface area contributed by atoms with Crippen molar-refractivity contribution in [1.82, 2.24) is 0 Å². The van der Waals surface area contributed by atoms with Crippen LogP contribution in [0.5, 0.6) is 5.75 Å². The summed E-state index contributed by atoms with van der Waals surface area (Å²) in [5.41, 5.74) is 1.02. The molecule has 0 aliphatic rings. The Balaban J connectivity index is 1.89. The molecule has 0 bridgehead atoms. The van der Waals surface area contributed by atoms with Gasteiger partial charge in [0.25, 0.3) is 10.0 Å². The van der Waals surface area contributed by atoms with Gasteiger partial charge in [-0.1, -0.05) is 42.5 Å². The van der Waals surface area contributed by atoms with Crippen LogP contribution in [0.1, 0.15) is 18.9 Å². The second kappa shape index (κ2) is 12.3. The van der Waals surface area contributed by atoms with Gasteiger partial charge in [-0.2, -0.15) is 0 Å². The number of carboxylic acid groups (broad SMARTS) is 2. The number of nitrogens with zero attached hydrogens (tertiary/aromatic N) is 2. The first-order valence-electron chi connectivity index (χ1n) is 12.6. The normalized spacial score (nSPS) is 12.1. The third-order valence-electron chi connectivity index (χ3n) is 6.68. The first-order chi connectivity index (χ1) is 19.5. The van der Waals surface area contributed by atoms with Crippen LogP contribution in [-0.2, 0) is 26.2 Å². The summed E-state index contributed by atoms with van der Waals surface area (Å²) in [5, 5.41) is 20.1. The van der Waals surface area contributed by atoms with E-state index in [2.05, 4.69) is 0 Å². The van der Waals surface area contributed by atoms with Crippen LogP contribution < -0.4 is 13.9 Å². The number of carbonyl (C=O) groups is 2. The van der Waals surface area contributed by atoms with Crippen LogP contribution in [0.4, 0.5) is 15.8 Å². The zero-order valence-corrected chi connectivity index (χ0v) is 23.2. The van der Waals surface area contributed by atoms with Crippen molar-refractivity contribution in [1.29, 1.82) is 0 Å². The van der Waals surface area contributed by atoms with Gasteiger partial charge in [-0.25, -0.2) is 12.8 Å². The molecule has 4 aromatic carbocycles. The average Bonchev–Trinajstić information content (AvgIpc) is 2.94. The second-order valence-corrected chi connectivity index (χ2v) is 11.3. The third kappa shape index (κ3) is 6.41. The zero-order valence-electron chi connectivity index (χ0n) is 22.4. The average molecular weight is 581 g/mol. The molecule has 11 heteroatoms. The third-order valence-corrected chi connectivity index (χ3v) is 8.46. The summed E-state index contributed by atoms with van der Waals surface area (Å²) in [6.45, 7) is 0.919. The van der Waals surface area contributed by atoms with Crippen molar-refractivity contribution in [3.05, 3.63) is 96.3 Å². The van der Waals surface area contributed by atoms with Crippen molar-refractivity contribution >= 4 is 44.1 Å². The minimum atomic E-state index is -4.33. The van der Waals surface area contributed by atoms with Crippen molar-refractivity contribution in [2.45, 2.75) is 30.8 Å². The quantitative estimate of drug-likeness (QED) is 0.236. The summed E-state index contributed by atoms with van der Waals surface area (Å²) in [5.74, 6) is -2.39. The summed E-state index contributed by atoms with van der Waals surface area (Å²) in [4.78, 5) is 25.1. The van der Waals surface area contributed by atoms with Crippen molar-refractivity contribution in [2.75, 3.05) is 22.9 Å². The van der Waals surface area contributed by atoms with Gasteiger partial charge in [-0.05, 0) is 49.4 Å². The monoisotopic (exact) mass is 580 g/mol. The number of fused-ring (bicyclic) bond motifs is 1. The number of carboxylic acids is 2. The van der Waals surface area contributed by atoms with Crippen molar-refractivity contribution in [2.24, 2.45) is 0 Å². The van der Waals surface area contributed by atoms with Gasteiger partial charge in [0.1, 0.15) is 18.1 Å². The van der Waals surface area contributed by atoms with E-state index in [9.17, 15) is 32.6 Å². The summed E-state index contributed by atoms with van der Waals surface area (Å²) in [7, 11) is -2.88. The Hall–Kier alpha value is -4.64. The standard InChI is InChI=1S/C30H29FN2O7S/c1-20(17-29(34)35)32(18-21-7-3-6-10-26(21)31)27-15-16-28(25-9-5-4-8-24(25)27)33(19-30(36)37)41(38,39)23-13-11-22(40-2)12-14-23/h3-16,20H,17-19H2,1-2H3,(H,34,35)(H,36,37)/t20-/m0/s1. The molecule has 0 saturated carbocycles. The van der Waals surface area contributed by atoms with Gasteiger partial charge in [0.05, 0.1) is 24.1 Å². The molecular formula is C30H29FN2O7S. The van der Waals surface area contributed by atoms with Crippen LogP contribution in [0.3, 0.4) is 0 Å². The molecule has 0 spiro atoms. The maximum absolute atomic E-state index is 14.7. The molecule has 0 amide bonds. The predicted octanol–water partition coefficient (Wildman–Crippen LogP) is 5.14. The first-order valence-corrected chi connectivity index (χ1v) is 14.1. The van der Waals surface area contributed by atoms with Crippen LogP contribution >= 0.6 is 0 Å². The molecule has 1 atom stereocenters. The fourth-order valence-corrected chi connectivity index (χ4v) is 6.12. The van der Waals surface area contributed by atoms with Crippen molar-refractivity contribution in [3.63, 3.8) is 0 Å². The van der Waals surface area contributed by atoms with Gasteiger partial charge in [-0.15, -0.1) is 0 Å². The lowest BCUT2D eigenvalue weighted by atomic mass is 10.0. The Morgan fingerprint density at radius 3 is 2.02 bits per heavy atom. The Labute approximate surface area is 237 Å². The molecule has 0 aliphatic carbocycles. The number of halogens is 1. The lowest BCUT2D eigenvalue weighted by Crippen LogP contribution is -2.36. The minimum Gasteiger partial charge on any atom is -0.497 e. The highest BCUT2D eigenvalue weighted by molar-refractivity contribution is 7.92. The van der Waals surface area contributed by atoms with Gasteiger partial charge in [0.15, 0.2) is 0 Å². The van der Waals surface area contributed by atoms with Crippen LogP contribution in [-0.4, -0.2) is 50.3 Å². The number of methoxy groups -OCH3 is 1. The second-order valence-electron chi connectivity index (χ2n) is 9.40. The summed E-state index contributed by atoms with van der Waals surface area (Å²) in [6, 6.07) is 21.1. The predicted molar refractivity (Wildman–Crippen MR) is 153 cm³/mol. The van der Waals surface area contributed by atoms with E-state index in [4.69, 9.17) is 4.74 Å². The lowest BCUT2D eigenvalue weighted by Gasteiger charge is -2.33. The molecule has 0 radical (unpaired) electrons. The zero-order chi connectivity index (χ0) is 29.7. The fourth-order valence-electron chi connectivity index (χ4n) is 4.68. The van der Waals surface area contributed by atoms with Crippen molar-refractivity contribution in [3.8, 4) is 5.75 Å². The molecule has 4 aromatic rings. The van der Waals surface area contributed by atoms with Gasteiger partial charge in [0, 0.05) is 34.6 Å². The van der Waals surface area contributed by atoms with E-state index in [0.29, 0.717) is 27.8 Å². The molecule has 9 nitrogen and oxygen atoms in total. The van der Waals surface area contributed by atoms with Gasteiger partial charge in [-0.3, -0.25) is 13.9 Å². The van der Waals surface area contributed by atoms with Gasteiger partial charge < -0.3 is 19.8 Å². The van der Waals surface area contributed by atoms with E-state index < -0.39 is 40.4 Å². The molecule has 4 rings (SSSR count). The van der Waals surface area contributed by atoms with Crippen LogP contribution in [0.15, 0.2) is 89.8 Å². The van der Waals surface area contributed by atoms with E-state index in [1.807, 2.05) is 0 Å². The molecule has 0 aromatic heterocycles. The van der Waals surface area contributed by atoms with E-state index in [0.717, 1.165) is 4.31 Å². The van der Waals surface area contributed by atoms with Gasteiger partial charge in [0.2, 0.25) is 0 Å². The highest BCUT2D eigenvalue weighted by atomic mass is 32.2. The number of rotatable bonds is 12. The number of hydrogen-bond acceptors (Lipinski definition) is 6. The number of sulfonamides is 1. The van der Waals surface area contributed by atoms with E-state index >= 15 is 0 Å². The summed E-state index contributed by atoms with van der Waals surface area (Å²) < 4.78 is 48.1. The summed E-state index contributed by atoms with van der Waals surface area (Å²) in [6.07, 6.45) is -0.235. The van der Waals surface area contributed by atoms with Crippen LogP contribution in [0.2, 0.25) is 0 Å². The van der Waals surface area contributed by atoms with Gasteiger partial charge >= 0.3 is 11.9 Å². The largest absolute Gasteiger partial charge is 0.497 e. The van der Waals surface area contributed by atoms with E-state index in [-0.39, 0.29) is 23.5 Å². The molecule has 0 aliphatic heterocycles. The number of anilines is 2. The summed E-state index contributed by atoms with van der Waals surface area (Å²) >= 11 is 0. The Kier molecular flexibility index (Phi) is 8.77. The number of hydrogen-bond donors (Lipinski definition) is 2. The first kappa shape index (κ1) is 29.3. The maximum atomic E-state index is 14.7. The molecule has 214 valence electrons. The fraction of sp³-hybridized carbons (Fsp3) is 0.200. The molecule has 41 heavy (non-hydrogen) atoms. The molecule has 0 fully saturated rings. The lowest BCUT2D eigenvalue weighted by molar-refractivity contribution is -0.137. The SMILES string of the molecule is COc1ccc(S(=O)(=O)N(CC(=O)O)c2ccc(N(Cc3ccccc3F)[C@@H](C)CC(=O)O)c3ccccc23)cc1. The van der Waals surface area contributed by atoms with Crippen LogP contribution in [0.25, 0.3) is 10.8 Å². The molecule has 2 N–H and O–H groups in total. The van der Waals surface area contributed by atoms with E-state index in [1.54, 1.807) is 60.4 Å². The molecular weight excluding hydrogens is 551 g/mol. The molecule has 0 saturated heterocycles. The Bertz CT molecular complexity index is 1680.